The van der Waals surface area contributed by atoms with Crippen molar-refractivity contribution in [3.63, 3.8) is 0 Å². The number of aryl methyl sites for hydroxylation is 1. The molecule has 0 saturated carbocycles. The number of hydrogen-bond donors (Lipinski definition) is 1. The fourth-order valence-electron chi connectivity index (χ4n) is 4.01. The van der Waals surface area contributed by atoms with Crippen LogP contribution in [0.2, 0.25) is 0 Å². The molecular formula is C32H44Br2N6O11. The Morgan fingerprint density at radius 2 is 1.08 bits per heavy atom. The average molecular weight is 849 g/mol. The van der Waals surface area contributed by atoms with Crippen molar-refractivity contribution in [1.82, 2.24) is 30.6 Å². The summed E-state index contributed by atoms with van der Waals surface area (Å²) in [6.07, 6.45) is 0.244. The second-order valence-corrected chi connectivity index (χ2v) is 12.0. The average Bonchev–Trinajstić information content (AvgIpc) is 3.32. The first-order valence-electron chi connectivity index (χ1n) is 16.4. The number of benzene rings is 1. The molecule has 1 aromatic carbocycles. The number of nitrogens with zero attached hydrogens (tertiary/aromatic N) is 5. The van der Waals surface area contributed by atoms with Crippen LogP contribution < -0.4 is 10.1 Å². The summed E-state index contributed by atoms with van der Waals surface area (Å²) in [5, 5.41) is 18.6. The number of aromatic nitrogens is 4. The van der Waals surface area contributed by atoms with Gasteiger partial charge in [0.25, 0.3) is 11.8 Å². The lowest BCUT2D eigenvalue weighted by molar-refractivity contribution is -0.138. The van der Waals surface area contributed by atoms with Crippen LogP contribution >= 0.6 is 31.9 Å². The third kappa shape index (κ3) is 17.4. The van der Waals surface area contributed by atoms with Gasteiger partial charge in [-0.25, -0.2) is 0 Å². The number of carbonyl (C=O) groups is 3. The molecule has 1 N–H and O–H groups in total. The summed E-state index contributed by atoms with van der Waals surface area (Å²) in [5.74, 6) is 0.794. The maximum absolute atomic E-state index is 11.9. The summed E-state index contributed by atoms with van der Waals surface area (Å²) in [6, 6.07) is 7.35. The molecule has 1 aliphatic rings. The monoisotopic (exact) mass is 846 g/mol. The van der Waals surface area contributed by atoms with Crippen molar-refractivity contribution < 1.29 is 52.3 Å². The van der Waals surface area contributed by atoms with Crippen molar-refractivity contribution in [3.05, 3.63) is 39.1 Å². The SMILES string of the molecule is Cc1nnc(-c2ccc(OCCOCCOCCOCCNC(=O)CCOCCOCCOCCOCCN3C(=O)C(Br)=C(Br)C3=O)cc2)nn1. The van der Waals surface area contributed by atoms with Crippen molar-refractivity contribution in [1.29, 1.82) is 0 Å². The molecule has 3 rings (SSSR count). The lowest BCUT2D eigenvalue weighted by atomic mass is 10.2. The number of carbonyl (C=O) groups excluding carboxylic acids is 3. The Hall–Kier alpha value is -3.01. The van der Waals surface area contributed by atoms with Crippen molar-refractivity contribution in [2.45, 2.75) is 13.3 Å². The van der Waals surface area contributed by atoms with Gasteiger partial charge in [0, 0.05) is 18.5 Å². The number of rotatable bonds is 29. The highest BCUT2D eigenvalue weighted by molar-refractivity contribution is 9.14. The Kier molecular flexibility index (Phi) is 21.5. The number of amides is 3. The van der Waals surface area contributed by atoms with Gasteiger partial charge in [-0.2, -0.15) is 0 Å². The molecule has 0 bridgehead atoms. The Balaban J connectivity index is 0.984. The zero-order chi connectivity index (χ0) is 36.5. The largest absolute Gasteiger partial charge is 0.491 e. The van der Waals surface area contributed by atoms with Crippen molar-refractivity contribution >= 4 is 49.6 Å². The van der Waals surface area contributed by atoms with Gasteiger partial charge >= 0.3 is 0 Å². The van der Waals surface area contributed by atoms with E-state index >= 15 is 0 Å². The molecule has 51 heavy (non-hydrogen) atoms. The highest BCUT2D eigenvalue weighted by Crippen LogP contribution is 2.29. The fourth-order valence-corrected chi connectivity index (χ4v) is 4.78. The molecule has 1 aliphatic heterocycles. The first-order chi connectivity index (χ1) is 24.9. The van der Waals surface area contributed by atoms with Gasteiger partial charge in [-0.1, -0.05) is 0 Å². The summed E-state index contributed by atoms with van der Waals surface area (Å²) in [5.41, 5.74) is 0.805. The fraction of sp³-hybridized carbons (Fsp3) is 0.594. The van der Waals surface area contributed by atoms with E-state index in [0.29, 0.717) is 110 Å². The second-order valence-electron chi connectivity index (χ2n) is 10.4. The lowest BCUT2D eigenvalue weighted by Gasteiger charge is -2.14. The number of nitrogens with one attached hydrogen (secondary N) is 1. The molecule has 0 radical (unpaired) electrons. The topological polar surface area (TPSA) is 192 Å². The van der Waals surface area contributed by atoms with E-state index in [1.165, 1.54) is 0 Å². The zero-order valence-corrected chi connectivity index (χ0v) is 31.7. The standard InChI is InChI=1S/C32H44Br2N6O11/c1-24-36-38-30(39-37-24)25-2-4-26(5-3-25)51-23-22-50-21-20-48-16-13-45-10-7-35-27(41)6-9-44-12-15-47-18-19-49-17-14-46-11-8-40-31(42)28(33)29(34)32(40)43/h2-5H,6-23H2,1H3,(H,35,41). The molecule has 0 atom stereocenters. The van der Waals surface area contributed by atoms with Gasteiger partial charge in [0.05, 0.1) is 99.0 Å². The summed E-state index contributed by atoms with van der Waals surface area (Å²) < 4.78 is 44.2. The Labute approximate surface area is 313 Å². The van der Waals surface area contributed by atoms with E-state index in [4.69, 9.17) is 37.9 Å². The van der Waals surface area contributed by atoms with Gasteiger partial charge in [-0.3, -0.25) is 19.3 Å². The molecule has 17 nitrogen and oxygen atoms in total. The van der Waals surface area contributed by atoms with E-state index in [9.17, 15) is 14.4 Å². The van der Waals surface area contributed by atoms with E-state index in [-0.39, 0.29) is 52.9 Å². The normalized spacial score (nSPS) is 13.0. The van der Waals surface area contributed by atoms with Crippen molar-refractivity contribution in [3.8, 4) is 17.1 Å². The first kappa shape index (κ1) is 42.4. The van der Waals surface area contributed by atoms with E-state index in [2.05, 4.69) is 57.6 Å². The maximum Gasteiger partial charge on any atom is 0.269 e. The van der Waals surface area contributed by atoms with E-state index in [1.807, 2.05) is 24.3 Å². The minimum atomic E-state index is -0.388. The van der Waals surface area contributed by atoms with Crippen LogP contribution in [0.5, 0.6) is 5.75 Å². The number of halogens is 2. The van der Waals surface area contributed by atoms with Gasteiger partial charge in [0.1, 0.15) is 21.3 Å². The highest BCUT2D eigenvalue weighted by Gasteiger charge is 2.35. The summed E-state index contributed by atoms with van der Waals surface area (Å²) >= 11 is 6.16. The second kappa shape index (κ2) is 25.9. The van der Waals surface area contributed by atoms with Crippen LogP contribution in [-0.4, -0.2) is 155 Å². The van der Waals surface area contributed by atoms with Crippen LogP contribution in [0.1, 0.15) is 12.2 Å². The smallest absolute Gasteiger partial charge is 0.269 e. The molecule has 0 unspecified atom stereocenters. The van der Waals surface area contributed by atoms with Crippen molar-refractivity contribution in [2.75, 3.05) is 112 Å². The van der Waals surface area contributed by atoms with Crippen molar-refractivity contribution in [2.24, 2.45) is 0 Å². The Bertz CT molecular complexity index is 1330. The van der Waals surface area contributed by atoms with Crippen LogP contribution in [0.3, 0.4) is 0 Å². The highest BCUT2D eigenvalue weighted by atomic mass is 79.9. The summed E-state index contributed by atoms with van der Waals surface area (Å²) in [6.45, 7) is 7.95. The third-order valence-corrected chi connectivity index (χ3v) is 8.61. The lowest BCUT2D eigenvalue weighted by Crippen LogP contribution is -2.34. The minimum absolute atomic E-state index is 0.118. The number of ether oxygens (including phenoxy) is 8. The van der Waals surface area contributed by atoms with Gasteiger partial charge in [0.15, 0.2) is 5.82 Å². The third-order valence-electron chi connectivity index (χ3n) is 6.61. The molecule has 3 amide bonds. The minimum Gasteiger partial charge on any atom is -0.491 e. The molecule has 0 fully saturated rings. The molecule has 282 valence electrons. The van der Waals surface area contributed by atoms with Gasteiger partial charge in [0.2, 0.25) is 11.7 Å². The van der Waals surface area contributed by atoms with Gasteiger partial charge < -0.3 is 43.2 Å². The number of imide groups is 1. The summed E-state index contributed by atoms with van der Waals surface area (Å²) in [7, 11) is 0. The molecule has 2 aromatic rings. The molecule has 0 aliphatic carbocycles. The predicted molar refractivity (Wildman–Crippen MR) is 188 cm³/mol. The summed E-state index contributed by atoms with van der Waals surface area (Å²) in [4.78, 5) is 36.8. The Morgan fingerprint density at radius 3 is 1.61 bits per heavy atom. The molecule has 2 heterocycles. The first-order valence-corrected chi connectivity index (χ1v) is 17.9. The van der Waals surface area contributed by atoms with E-state index in [0.717, 1.165) is 10.5 Å². The molecule has 19 heteroatoms. The van der Waals surface area contributed by atoms with Crippen LogP contribution in [-0.2, 0) is 47.5 Å². The van der Waals surface area contributed by atoms with Gasteiger partial charge in [-0.05, 0) is 63.0 Å². The molecule has 1 aromatic heterocycles. The van der Waals surface area contributed by atoms with E-state index in [1.54, 1.807) is 6.92 Å². The van der Waals surface area contributed by atoms with Gasteiger partial charge in [-0.15, -0.1) is 20.4 Å². The molecular weight excluding hydrogens is 804 g/mol. The van der Waals surface area contributed by atoms with Crippen LogP contribution in [0.4, 0.5) is 0 Å². The van der Waals surface area contributed by atoms with Crippen LogP contribution in [0.15, 0.2) is 33.2 Å². The number of hydrogen-bond acceptors (Lipinski definition) is 15. The quantitative estimate of drug-likeness (QED) is 0.0917. The maximum atomic E-state index is 11.9. The Morgan fingerprint density at radius 1 is 0.627 bits per heavy atom. The zero-order valence-electron chi connectivity index (χ0n) is 28.5. The molecule has 0 saturated heterocycles. The molecule has 0 spiro atoms. The predicted octanol–water partition coefficient (Wildman–Crippen LogP) is 1.61. The van der Waals surface area contributed by atoms with Crippen LogP contribution in [0, 0.1) is 6.92 Å². The van der Waals surface area contributed by atoms with Crippen LogP contribution in [0.25, 0.3) is 11.4 Å². The van der Waals surface area contributed by atoms with E-state index < -0.39 is 0 Å².